The van der Waals surface area contributed by atoms with E-state index in [0.29, 0.717) is 12.0 Å². The smallest absolute Gasteiger partial charge is 0.338 e. The third-order valence-electron chi connectivity index (χ3n) is 4.03. The fourth-order valence-electron chi connectivity index (χ4n) is 2.57. The molecule has 0 spiro atoms. The topological polar surface area (TPSA) is 73.6 Å². The molecule has 0 aliphatic rings. The van der Waals surface area contributed by atoms with Gasteiger partial charge in [0, 0.05) is 19.2 Å². The van der Waals surface area contributed by atoms with E-state index in [9.17, 15) is 9.90 Å². The Morgan fingerprint density at radius 1 is 1.24 bits per heavy atom. The lowest BCUT2D eigenvalue weighted by molar-refractivity contribution is 0.0475. The predicted octanol–water partition coefficient (Wildman–Crippen LogP) is 3.75. The first-order valence-electron chi connectivity index (χ1n) is 8.23. The molecule has 0 saturated carbocycles. The number of hydrogen-bond acceptors (Lipinski definition) is 5. The molecule has 0 amide bonds. The van der Waals surface area contributed by atoms with Crippen molar-refractivity contribution in [2.45, 2.75) is 25.3 Å². The first kappa shape index (κ1) is 18.3. The number of anilines is 1. The van der Waals surface area contributed by atoms with Crippen molar-refractivity contribution in [1.82, 2.24) is 0 Å². The Morgan fingerprint density at radius 2 is 2.00 bits per heavy atom. The first-order valence-corrected chi connectivity index (χ1v) is 8.23. The highest BCUT2D eigenvalue weighted by Crippen LogP contribution is 2.19. The second-order valence-corrected chi connectivity index (χ2v) is 5.80. The number of nitrogens with zero attached hydrogens (tertiary/aromatic N) is 2. The highest BCUT2D eigenvalue weighted by atomic mass is 16.5. The number of phenols is 1. The number of carbonyl (C=O) groups is 1. The lowest BCUT2D eigenvalue weighted by Crippen LogP contribution is -2.36. The highest BCUT2D eigenvalue weighted by molar-refractivity contribution is 5.89. The Bertz CT molecular complexity index is 725. The van der Waals surface area contributed by atoms with Gasteiger partial charge in [-0.15, -0.1) is 0 Å². The molecule has 0 aromatic heterocycles. The molecule has 1 unspecified atom stereocenters. The van der Waals surface area contributed by atoms with Gasteiger partial charge < -0.3 is 14.7 Å². The summed E-state index contributed by atoms with van der Waals surface area (Å²) in [5, 5.41) is 18.2. The van der Waals surface area contributed by atoms with Gasteiger partial charge in [0.15, 0.2) is 0 Å². The third kappa shape index (κ3) is 5.54. The quantitative estimate of drug-likeness (QED) is 0.586. The van der Waals surface area contributed by atoms with Crippen LogP contribution in [0.2, 0.25) is 0 Å². The molecule has 2 aromatic rings. The van der Waals surface area contributed by atoms with Crippen molar-refractivity contribution in [3.8, 4) is 11.8 Å². The molecule has 2 rings (SSSR count). The monoisotopic (exact) mass is 338 g/mol. The number of esters is 1. The third-order valence-corrected chi connectivity index (χ3v) is 4.03. The van der Waals surface area contributed by atoms with Crippen LogP contribution in [0.5, 0.6) is 5.75 Å². The number of carbonyl (C=O) groups excluding carboxylic acids is 1. The summed E-state index contributed by atoms with van der Waals surface area (Å²) >= 11 is 0. The van der Waals surface area contributed by atoms with Gasteiger partial charge in [0.25, 0.3) is 0 Å². The van der Waals surface area contributed by atoms with Crippen LogP contribution in [0.4, 0.5) is 5.69 Å². The van der Waals surface area contributed by atoms with E-state index in [1.54, 1.807) is 12.1 Å². The van der Waals surface area contributed by atoms with Crippen LogP contribution in [0.25, 0.3) is 0 Å². The van der Waals surface area contributed by atoms with Gasteiger partial charge in [-0.3, -0.25) is 0 Å². The Hall–Kier alpha value is -3.00. The SMILES string of the molecule is CN(c1ccccc1)C(CCCC#N)COC(=O)c1cccc(O)c1. The van der Waals surface area contributed by atoms with Gasteiger partial charge in [0.1, 0.15) is 12.4 Å². The van der Waals surface area contributed by atoms with Crippen LogP contribution >= 0.6 is 0 Å². The summed E-state index contributed by atoms with van der Waals surface area (Å²) < 4.78 is 5.44. The summed E-state index contributed by atoms with van der Waals surface area (Å²) in [6.07, 6.45) is 1.95. The number of likely N-dealkylation sites (N-methyl/N-ethyl adjacent to an activating group) is 1. The molecule has 2 aromatic carbocycles. The standard InChI is InChI=1S/C20H22N2O3/c1-22(17-9-3-2-4-10-17)18(11-5-6-13-21)15-25-20(24)16-8-7-12-19(23)14-16/h2-4,7-10,12,14,18,23H,5-6,11,15H2,1H3. The number of rotatable bonds is 8. The fraction of sp³-hybridized carbons (Fsp3) is 0.300. The van der Waals surface area contributed by atoms with Crippen LogP contribution in [-0.4, -0.2) is 30.8 Å². The molecule has 5 nitrogen and oxygen atoms in total. The summed E-state index contributed by atoms with van der Waals surface area (Å²) in [7, 11) is 1.95. The van der Waals surface area contributed by atoms with Crippen molar-refractivity contribution < 1.29 is 14.6 Å². The van der Waals surface area contributed by atoms with Crippen LogP contribution in [0.3, 0.4) is 0 Å². The molecule has 0 fully saturated rings. The largest absolute Gasteiger partial charge is 0.508 e. The molecule has 5 heteroatoms. The second kappa shape index (κ2) is 9.33. The number of unbranched alkanes of at least 4 members (excludes halogenated alkanes) is 1. The molecule has 0 radical (unpaired) electrons. The molecule has 0 saturated heterocycles. The second-order valence-electron chi connectivity index (χ2n) is 5.80. The van der Waals surface area contributed by atoms with Crippen LogP contribution in [-0.2, 0) is 4.74 Å². The van der Waals surface area contributed by atoms with Crippen molar-refractivity contribution in [2.75, 3.05) is 18.6 Å². The molecule has 25 heavy (non-hydrogen) atoms. The van der Waals surface area contributed by atoms with Crippen LogP contribution in [0, 0.1) is 11.3 Å². The van der Waals surface area contributed by atoms with E-state index in [-0.39, 0.29) is 18.4 Å². The fourth-order valence-corrected chi connectivity index (χ4v) is 2.57. The van der Waals surface area contributed by atoms with Gasteiger partial charge in [-0.05, 0) is 43.2 Å². The lowest BCUT2D eigenvalue weighted by Gasteiger charge is -2.29. The maximum atomic E-state index is 12.2. The van der Waals surface area contributed by atoms with Crippen molar-refractivity contribution in [1.29, 1.82) is 5.26 Å². The summed E-state index contributed by atoms with van der Waals surface area (Å²) in [4.78, 5) is 14.2. The molecule has 0 aliphatic heterocycles. The van der Waals surface area contributed by atoms with E-state index >= 15 is 0 Å². The summed E-state index contributed by atoms with van der Waals surface area (Å²) in [6.45, 7) is 0.214. The number of hydrogen-bond donors (Lipinski definition) is 1. The first-order chi connectivity index (χ1) is 12.1. The molecule has 0 bridgehead atoms. The Kier molecular flexibility index (Phi) is 6.85. The number of benzene rings is 2. The minimum Gasteiger partial charge on any atom is -0.508 e. The molecular weight excluding hydrogens is 316 g/mol. The number of nitriles is 1. The number of aromatic hydroxyl groups is 1. The van der Waals surface area contributed by atoms with E-state index in [1.165, 1.54) is 12.1 Å². The maximum absolute atomic E-state index is 12.2. The van der Waals surface area contributed by atoms with Crippen LogP contribution < -0.4 is 4.90 Å². The predicted molar refractivity (Wildman–Crippen MR) is 96.5 cm³/mol. The van der Waals surface area contributed by atoms with Crippen molar-refractivity contribution >= 4 is 11.7 Å². The molecule has 0 heterocycles. The van der Waals surface area contributed by atoms with E-state index < -0.39 is 5.97 Å². The Labute approximate surface area is 148 Å². The average Bonchev–Trinajstić information content (AvgIpc) is 2.64. The van der Waals surface area contributed by atoms with Crippen molar-refractivity contribution in [3.63, 3.8) is 0 Å². The maximum Gasteiger partial charge on any atom is 0.338 e. The molecule has 130 valence electrons. The van der Waals surface area contributed by atoms with Crippen molar-refractivity contribution in [3.05, 3.63) is 60.2 Å². The molecule has 0 aliphatic carbocycles. The van der Waals surface area contributed by atoms with Gasteiger partial charge in [0.2, 0.25) is 0 Å². The van der Waals surface area contributed by atoms with E-state index in [0.717, 1.165) is 18.5 Å². The zero-order valence-electron chi connectivity index (χ0n) is 14.3. The minimum atomic E-state index is -0.470. The minimum absolute atomic E-state index is 0.0291. The normalized spacial score (nSPS) is 11.4. The van der Waals surface area contributed by atoms with E-state index in [4.69, 9.17) is 10.00 Å². The zero-order valence-corrected chi connectivity index (χ0v) is 14.3. The summed E-state index contributed by atoms with van der Waals surface area (Å²) in [6, 6.07) is 18.1. The number of ether oxygens (including phenoxy) is 1. The van der Waals surface area contributed by atoms with Gasteiger partial charge >= 0.3 is 5.97 Å². The van der Waals surface area contributed by atoms with Crippen molar-refractivity contribution in [2.24, 2.45) is 0 Å². The Morgan fingerprint density at radius 3 is 2.68 bits per heavy atom. The molecule has 1 N–H and O–H groups in total. The summed E-state index contributed by atoms with van der Waals surface area (Å²) in [5.41, 5.74) is 1.34. The zero-order chi connectivity index (χ0) is 18.1. The summed E-state index contributed by atoms with van der Waals surface area (Å²) in [5.74, 6) is -0.441. The van der Waals surface area contributed by atoms with E-state index in [2.05, 4.69) is 11.0 Å². The Balaban J connectivity index is 2.02. The number of phenolic OH excluding ortho intramolecular Hbond substituents is 1. The van der Waals surface area contributed by atoms with Crippen LogP contribution in [0.1, 0.15) is 29.6 Å². The lowest BCUT2D eigenvalue weighted by atomic mass is 10.1. The van der Waals surface area contributed by atoms with E-state index in [1.807, 2.05) is 37.4 Å². The molecular formula is C20H22N2O3. The molecule has 1 atom stereocenters. The van der Waals surface area contributed by atoms with Crippen LogP contribution in [0.15, 0.2) is 54.6 Å². The van der Waals surface area contributed by atoms with Gasteiger partial charge in [-0.1, -0.05) is 24.3 Å². The van der Waals surface area contributed by atoms with Gasteiger partial charge in [0.05, 0.1) is 17.7 Å². The number of para-hydroxylation sites is 1. The average molecular weight is 338 g/mol. The van der Waals surface area contributed by atoms with Gasteiger partial charge in [-0.25, -0.2) is 4.79 Å². The van der Waals surface area contributed by atoms with Gasteiger partial charge in [-0.2, -0.15) is 5.26 Å². The highest BCUT2D eigenvalue weighted by Gasteiger charge is 2.18.